The van der Waals surface area contributed by atoms with Gasteiger partial charge in [-0.1, -0.05) is 0 Å². The molecule has 0 aromatic heterocycles. The van der Waals surface area contributed by atoms with Gasteiger partial charge in [-0.3, -0.25) is 4.79 Å². The maximum Gasteiger partial charge on any atom is 0.336 e. The second kappa shape index (κ2) is 7.27. The Kier molecular flexibility index (Phi) is 5.84. The Morgan fingerprint density at radius 1 is 1.32 bits per heavy atom. The van der Waals surface area contributed by atoms with Crippen molar-refractivity contribution in [2.24, 2.45) is 5.92 Å². The van der Waals surface area contributed by atoms with Gasteiger partial charge in [0.25, 0.3) is 0 Å². The van der Waals surface area contributed by atoms with Crippen LogP contribution in [0.25, 0.3) is 0 Å². The highest BCUT2D eigenvalue weighted by molar-refractivity contribution is 14.1. The molecule has 0 radical (unpaired) electrons. The number of halogens is 2. The van der Waals surface area contributed by atoms with E-state index in [2.05, 4.69) is 43.8 Å². The topological polar surface area (TPSA) is 86.6 Å². The molecule has 22 heavy (non-hydrogen) atoms. The van der Waals surface area contributed by atoms with E-state index < -0.39 is 5.97 Å². The number of hydrogen-bond acceptors (Lipinski definition) is 3. The van der Waals surface area contributed by atoms with Crippen molar-refractivity contribution in [2.75, 3.05) is 5.32 Å². The molecule has 3 N–H and O–H groups in total. The largest absolute Gasteiger partial charge is 0.478 e. The van der Waals surface area contributed by atoms with Gasteiger partial charge in [0.15, 0.2) is 0 Å². The molecule has 0 spiro atoms. The number of benzene rings is 1. The smallest absolute Gasteiger partial charge is 0.336 e. The van der Waals surface area contributed by atoms with E-state index in [-0.39, 0.29) is 23.5 Å². The highest BCUT2D eigenvalue weighted by Crippen LogP contribution is 2.33. The lowest BCUT2D eigenvalue weighted by molar-refractivity contribution is -0.121. The molecule has 1 fully saturated rings. The molecule has 0 bridgehead atoms. The lowest BCUT2D eigenvalue weighted by Gasteiger charge is -2.25. The first-order chi connectivity index (χ1) is 10.3. The fraction of sp³-hybridized carbons (Fsp3) is 0.467. The van der Waals surface area contributed by atoms with Crippen LogP contribution >= 0.6 is 38.5 Å². The van der Waals surface area contributed by atoms with Crippen LogP contribution < -0.4 is 5.32 Å². The third-order valence-electron chi connectivity index (χ3n) is 3.98. The van der Waals surface area contributed by atoms with E-state index in [1.807, 2.05) is 6.92 Å². The fourth-order valence-corrected chi connectivity index (χ4v) is 4.00. The zero-order valence-corrected chi connectivity index (χ0v) is 15.8. The van der Waals surface area contributed by atoms with E-state index in [9.17, 15) is 19.8 Å². The average Bonchev–Trinajstić information content (AvgIpc) is 2.48. The number of aromatic carboxylic acids is 1. The molecule has 1 aliphatic rings. The maximum absolute atomic E-state index is 12.3. The Morgan fingerprint density at radius 2 is 1.91 bits per heavy atom. The van der Waals surface area contributed by atoms with Crippen LogP contribution in [0.4, 0.5) is 5.69 Å². The Hall–Kier alpha value is -0.670. The number of carboxylic acid groups (broad SMARTS) is 1. The second-order valence-corrected chi connectivity index (χ2v) is 7.40. The van der Waals surface area contributed by atoms with E-state index >= 15 is 0 Å². The SMILES string of the molecule is Cc1c(Br)c(C(=O)O)cc(NC(=O)C2CCC(O)CC2)c1I. The summed E-state index contributed by atoms with van der Waals surface area (Å²) >= 11 is 5.39. The van der Waals surface area contributed by atoms with Gasteiger partial charge >= 0.3 is 5.97 Å². The van der Waals surface area contributed by atoms with E-state index in [0.717, 1.165) is 9.13 Å². The van der Waals surface area contributed by atoms with Crippen LogP contribution in [0.3, 0.4) is 0 Å². The van der Waals surface area contributed by atoms with Crippen molar-refractivity contribution in [2.45, 2.75) is 38.7 Å². The second-order valence-electron chi connectivity index (χ2n) is 5.52. The molecule has 120 valence electrons. The molecule has 0 saturated heterocycles. The van der Waals surface area contributed by atoms with Crippen molar-refractivity contribution < 1.29 is 19.8 Å². The van der Waals surface area contributed by atoms with Gasteiger partial charge in [0.05, 0.1) is 17.4 Å². The summed E-state index contributed by atoms with van der Waals surface area (Å²) < 4.78 is 1.35. The van der Waals surface area contributed by atoms with Crippen molar-refractivity contribution in [1.82, 2.24) is 0 Å². The molecular weight excluding hydrogens is 465 g/mol. The summed E-state index contributed by atoms with van der Waals surface area (Å²) in [7, 11) is 0. The first-order valence-corrected chi connectivity index (χ1v) is 8.89. The quantitative estimate of drug-likeness (QED) is 0.576. The number of anilines is 1. The molecule has 0 aliphatic heterocycles. The van der Waals surface area contributed by atoms with Crippen LogP contribution in [-0.2, 0) is 4.79 Å². The van der Waals surface area contributed by atoms with Crippen LogP contribution in [0.15, 0.2) is 10.5 Å². The van der Waals surface area contributed by atoms with Crippen molar-refractivity contribution in [3.05, 3.63) is 25.2 Å². The Morgan fingerprint density at radius 3 is 2.45 bits per heavy atom. The molecule has 1 saturated carbocycles. The van der Waals surface area contributed by atoms with Crippen molar-refractivity contribution in [1.29, 1.82) is 0 Å². The van der Waals surface area contributed by atoms with Crippen LogP contribution in [0, 0.1) is 16.4 Å². The molecule has 5 nitrogen and oxygen atoms in total. The van der Waals surface area contributed by atoms with E-state index in [0.29, 0.717) is 35.8 Å². The Balaban J connectivity index is 2.22. The first kappa shape index (κ1) is 17.7. The summed E-state index contributed by atoms with van der Waals surface area (Å²) in [6.45, 7) is 1.81. The number of aliphatic hydroxyl groups is 1. The van der Waals surface area contributed by atoms with Crippen LogP contribution in [-0.4, -0.2) is 28.2 Å². The number of carbonyl (C=O) groups excluding carboxylic acids is 1. The summed E-state index contributed by atoms with van der Waals surface area (Å²) in [5.74, 6) is -1.28. The van der Waals surface area contributed by atoms with Gasteiger partial charge in [0.2, 0.25) is 5.91 Å². The number of hydrogen-bond donors (Lipinski definition) is 3. The van der Waals surface area contributed by atoms with Gasteiger partial charge in [-0.2, -0.15) is 0 Å². The molecule has 1 aromatic carbocycles. The lowest BCUT2D eigenvalue weighted by Crippen LogP contribution is -2.29. The third-order valence-corrected chi connectivity index (χ3v) is 6.39. The lowest BCUT2D eigenvalue weighted by atomic mass is 9.87. The zero-order valence-electron chi connectivity index (χ0n) is 12.0. The predicted octanol–water partition coefficient (Wildman–Crippen LogP) is 3.55. The van der Waals surface area contributed by atoms with Crippen LogP contribution in [0.5, 0.6) is 0 Å². The Labute approximate surface area is 150 Å². The predicted molar refractivity (Wildman–Crippen MR) is 95.1 cm³/mol. The Bertz CT molecular complexity index is 612. The van der Waals surface area contributed by atoms with Crippen molar-refractivity contribution in [3.63, 3.8) is 0 Å². The molecule has 1 amide bonds. The van der Waals surface area contributed by atoms with Gasteiger partial charge in [-0.25, -0.2) is 4.79 Å². The number of rotatable bonds is 3. The molecule has 1 aromatic rings. The minimum Gasteiger partial charge on any atom is -0.478 e. The van der Waals surface area contributed by atoms with Crippen LogP contribution in [0.2, 0.25) is 0 Å². The highest BCUT2D eigenvalue weighted by atomic mass is 127. The molecule has 2 rings (SSSR count). The minimum atomic E-state index is -1.04. The normalized spacial score (nSPS) is 21.5. The number of amides is 1. The summed E-state index contributed by atoms with van der Waals surface area (Å²) in [4.78, 5) is 23.6. The monoisotopic (exact) mass is 481 g/mol. The fourth-order valence-electron chi connectivity index (χ4n) is 2.59. The van der Waals surface area contributed by atoms with Gasteiger partial charge in [0.1, 0.15) is 0 Å². The average molecular weight is 482 g/mol. The zero-order chi connectivity index (χ0) is 16.4. The van der Waals surface area contributed by atoms with Gasteiger partial charge < -0.3 is 15.5 Å². The highest BCUT2D eigenvalue weighted by Gasteiger charge is 2.26. The van der Waals surface area contributed by atoms with Gasteiger partial charge in [-0.15, -0.1) is 0 Å². The van der Waals surface area contributed by atoms with Crippen LogP contribution in [0.1, 0.15) is 41.6 Å². The molecule has 0 atom stereocenters. The summed E-state index contributed by atoms with van der Waals surface area (Å²) in [5.41, 5.74) is 1.44. The standard InChI is InChI=1S/C15H17BrINO4/c1-7-12(16)10(15(21)22)6-11(13(7)17)18-14(20)8-2-4-9(19)5-3-8/h6,8-9,19H,2-5H2,1H3,(H,18,20)(H,21,22). The van der Waals surface area contributed by atoms with Gasteiger partial charge in [-0.05, 0) is 82.8 Å². The summed E-state index contributed by atoms with van der Waals surface area (Å²) in [6.07, 6.45) is 2.28. The summed E-state index contributed by atoms with van der Waals surface area (Å²) in [5, 5.41) is 21.6. The molecule has 7 heteroatoms. The van der Waals surface area contributed by atoms with Crippen molar-refractivity contribution in [3.8, 4) is 0 Å². The summed E-state index contributed by atoms with van der Waals surface area (Å²) in [6, 6.07) is 1.48. The maximum atomic E-state index is 12.3. The molecule has 0 unspecified atom stereocenters. The molecular formula is C15H17BrINO4. The van der Waals surface area contributed by atoms with Crippen molar-refractivity contribution >= 4 is 56.1 Å². The molecule has 1 aliphatic carbocycles. The third kappa shape index (κ3) is 3.80. The number of aliphatic hydroxyl groups excluding tert-OH is 1. The molecule has 0 heterocycles. The number of carboxylic acids is 1. The van der Waals surface area contributed by atoms with E-state index in [1.165, 1.54) is 6.07 Å². The number of carbonyl (C=O) groups is 2. The van der Waals surface area contributed by atoms with E-state index in [4.69, 9.17) is 0 Å². The van der Waals surface area contributed by atoms with E-state index in [1.54, 1.807) is 0 Å². The number of nitrogens with one attached hydrogen (secondary N) is 1. The van der Waals surface area contributed by atoms with Gasteiger partial charge in [0, 0.05) is 14.0 Å². The first-order valence-electron chi connectivity index (χ1n) is 7.02. The minimum absolute atomic E-state index is 0.108.